The van der Waals surface area contributed by atoms with Gasteiger partial charge in [-0.15, -0.1) is 0 Å². The molecule has 1 saturated carbocycles. The summed E-state index contributed by atoms with van der Waals surface area (Å²) in [5.74, 6) is 2.19. The first-order chi connectivity index (χ1) is 13.2. The van der Waals surface area contributed by atoms with Crippen LogP contribution in [0.5, 0.6) is 5.75 Å². The monoisotopic (exact) mass is 370 g/mol. The van der Waals surface area contributed by atoms with E-state index in [1.54, 1.807) is 7.11 Å². The van der Waals surface area contributed by atoms with Crippen molar-refractivity contribution in [2.75, 3.05) is 20.2 Å². The fourth-order valence-corrected chi connectivity index (χ4v) is 3.84. The van der Waals surface area contributed by atoms with E-state index >= 15 is 0 Å². The van der Waals surface area contributed by atoms with Gasteiger partial charge >= 0.3 is 6.03 Å². The Morgan fingerprint density at radius 1 is 1.26 bits per heavy atom. The Morgan fingerprint density at radius 3 is 2.81 bits per heavy atom. The topological polar surface area (TPSA) is 80.5 Å². The van der Waals surface area contributed by atoms with Gasteiger partial charge in [-0.2, -0.15) is 4.98 Å². The summed E-state index contributed by atoms with van der Waals surface area (Å²) >= 11 is 0. The molecule has 1 aliphatic carbocycles. The number of methoxy groups -OCH3 is 1. The highest BCUT2D eigenvalue weighted by molar-refractivity contribution is 5.75. The number of carbonyl (C=O) groups is 1. The molecule has 2 aliphatic rings. The van der Waals surface area contributed by atoms with E-state index in [1.807, 2.05) is 29.2 Å². The van der Waals surface area contributed by atoms with Crippen molar-refractivity contribution in [3.63, 3.8) is 0 Å². The van der Waals surface area contributed by atoms with Crippen molar-refractivity contribution in [1.82, 2.24) is 20.4 Å². The molecule has 1 saturated heterocycles. The lowest BCUT2D eigenvalue weighted by Crippen LogP contribution is -2.54. The Balaban J connectivity index is 1.29. The van der Waals surface area contributed by atoms with Crippen molar-refractivity contribution in [2.45, 2.75) is 50.5 Å². The van der Waals surface area contributed by atoms with Crippen LogP contribution in [-0.2, 0) is 6.42 Å². The van der Waals surface area contributed by atoms with Crippen LogP contribution in [0.4, 0.5) is 4.79 Å². The molecule has 0 bridgehead atoms. The Hall–Kier alpha value is -2.57. The predicted octanol–water partition coefficient (Wildman–Crippen LogP) is 3.11. The third-order valence-corrected chi connectivity index (χ3v) is 5.48. The number of rotatable bonds is 5. The normalized spacial score (nSPS) is 18.2. The van der Waals surface area contributed by atoms with Crippen molar-refractivity contribution in [1.29, 1.82) is 0 Å². The summed E-state index contributed by atoms with van der Waals surface area (Å²) in [4.78, 5) is 18.7. The van der Waals surface area contributed by atoms with Gasteiger partial charge in [-0.25, -0.2) is 4.79 Å². The summed E-state index contributed by atoms with van der Waals surface area (Å²) < 4.78 is 10.8. The maximum Gasteiger partial charge on any atom is 0.317 e. The SMILES string of the molecule is COc1ccccc1Cc1noc(C2CN(C(=O)NC3CCCCC3)C2)n1. The Morgan fingerprint density at radius 2 is 2.04 bits per heavy atom. The minimum absolute atomic E-state index is 0.0342. The molecule has 7 nitrogen and oxygen atoms in total. The summed E-state index contributed by atoms with van der Waals surface area (Å²) in [6.07, 6.45) is 6.46. The summed E-state index contributed by atoms with van der Waals surface area (Å²) in [5.41, 5.74) is 1.02. The van der Waals surface area contributed by atoms with Gasteiger partial charge in [0.05, 0.1) is 13.0 Å². The number of carbonyl (C=O) groups excluding carboxylic acids is 1. The molecular formula is C20H26N4O3. The van der Waals surface area contributed by atoms with Crippen LogP contribution in [0, 0.1) is 0 Å². The van der Waals surface area contributed by atoms with Gasteiger partial charge in [-0.3, -0.25) is 0 Å². The lowest BCUT2D eigenvalue weighted by atomic mass is 9.95. The van der Waals surface area contributed by atoms with E-state index < -0.39 is 0 Å². The molecule has 2 heterocycles. The molecule has 2 amide bonds. The van der Waals surface area contributed by atoms with E-state index in [9.17, 15) is 4.79 Å². The van der Waals surface area contributed by atoms with Gasteiger partial charge < -0.3 is 19.5 Å². The Labute approximate surface area is 159 Å². The molecule has 1 aromatic carbocycles. The third-order valence-electron chi connectivity index (χ3n) is 5.48. The van der Waals surface area contributed by atoms with E-state index in [4.69, 9.17) is 9.26 Å². The van der Waals surface area contributed by atoms with E-state index in [1.165, 1.54) is 19.3 Å². The lowest BCUT2D eigenvalue weighted by molar-refractivity contribution is 0.132. The number of benzene rings is 1. The van der Waals surface area contributed by atoms with Crippen molar-refractivity contribution in [3.8, 4) is 5.75 Å². The van der Waals surface area contributed by atoms with E-state index in [-0.39, 0.29) is 11.9 Å². The maximum absolute atomic E-state index is 12.3. The van der Waals surface area contributed by atoms with Crippen molar-refractivity contribution in [3.05, 3.63) is 41.5 Å². The molecule has 144 valence electrons. The zero-order chi connectivity index (χ0) is 18.6. The number of aromatic nitrogens is 2. The second-order valence-electron chi connectivity index (χ2n) is 7.42. The molecule has 0 spiro atoms. The Kier molecular flexibility index (Phi) is 5.27. The summed E-state index contributed by atoms with van der Waals surface area (Å²) in [6.45, 7) is 1.27. The minimum atomic E-state index is 0.0342. The van der Waals surface area contributed by atoms with Gasteiger partial charge in [-0.1, -0.05) is 42.6 Å². The van der Waals surface area contributed by atoms with Gasteiger partial charge in [0.1, 0.15) is 5.75 Å². The number of nitrogens with zero attached hydrogens (tertiary/aromatic N) is 3. The van der Waals surface area contributed by atoms with Crippen LogP contribution in [0.3, 0.4) is 0 Å². The summed E-state index contributed by atoms with van der Waals surface area (Å²) in [6, 6.07) is 8.19. The first-order valence-corrected chi connectivity index (χ1v) is 9.72. The molecular weight excluding hydrogens is 344 g/mol. The van der Waals surface area contributed by atoms with Crippen LogP contribution >= 0.6 is 0 Å². The average Bonchev–Trinajstić information content (AvgIpc) is 3.10. The first-order valence-electron chi connectivity index (χ1n) is 9.72. The minimum Gasteiger partial charge on any atom is -0.496 e. The van der Waals surface area contributed by atoms with Crippen LogP contribution in [0.25, 0.3) is 0 Å². The van der Waals surface area contributed by atoms with E-state index in [0.29, 0.717) is 37.3 Å². The van der Waals surface area contributed by atoms with E-state index in [0.717, 1.165) is 24.2 Å². The highest BCUT2D eigenvalue weighted by Gasteiger charge is 2.36. The smallest absolute Gasteiger partial charge is 0.317 e. The molecule has 1 aliphatic heterocycles. The molecule has 7 heteroatoms. The van der Waals surface area contributed by atoms with Crippen LogP contribution in [0.15, 0.2) is 28.8 Å². The molecule has 27 heavy (non-hydrogen) atoms. The number of hydrogen-bond donors (Lipinski definition) is 1. The van der Waals surface area contributed by atoms with Crippen LogP contribution in [0.2, 0.25) is 0 Å². The summed E-state index contributed by atoms with van der Waals surface area (Å²) in [7, 11) is 1.65. The number of urea groups is 1. The zero-order valence-electron chi connectivity index (χ0n) is 15.7. The number of likely N-dealkylation sites (tertiary alicyclic amines) is 1. The van der Waals surface area contributed by atoms with E-state index in [2.05, 4.69) is 15.5 Å². The second-order valence-corrected chi connectivity index (χ2v) is 7.42. The summed E-state index contributed by atoms with van der Waals surface area (Å²) in [5, 5.41) is 7.24. The highest BCUT2D eigenvalue weighted by atomic mass is 16.5. The molecule has 2 fully saturated rings. The number of hydrogen-bond acceptors (Lipinski definition) is 5. The highest BCUT2D eigenvalue weighted by Crippen LogP contribution is 2.27. The van der Waals surface area contributed by atoms with Gasteiger partial charge in [-0.05, 0) is 18.9 Å². The Bertz CT molecular complexity index is 779. The molecule has 2 aromatic rings. The van der Waals surface area contributed by atoms with Crippen LogP contribution in [0.1, 0.15) is 55.3 Å². The quantitative estimate of drug-likeness (QED) is 0.875. The lowest BCUT2D eigenvalue weighted by Gasteiger charge is -2.38. The largest absolute Gasteiger partial charge is 0.496 e. The van der Waals surface area contributed by atoms with Gasteiger partial charge in [0.2, 0.25) is 5.89 Å². The van der Waals surface area contributed by atoms with Crippen LogP contribution in [-0.4, -0.2) is 47.3 Å². The number of amides is 2. The maximum atomic E-state index is 12.3. The average molecular weight is 370 g/mol. The van der Waals surface area contributed by atoms with Crippen molar-refractivity contribution < 1.29 is 14.1 Å². The van der Waals surface area contributed by atoms with Gasteiger partial charge in [0, 0.05) is 31.1 Å². The third kappa shape index (κ3) is 4.07. The van der Waals surface area contributed by atoms with Crippen LogP contribution < -0.4 is 10.1 Å². The standard InChI is InChI=1S/C20H26N4O3/c1-26-17-10-6-5-7-14(17)11-18-22-19(27-23-18)15-12-24(13-15)20(25)21-16-8-3-2-4-9-16/h5-7,10,15-16H,2-4,8-9,11-13H2,1H3,(H,21,25). The zero-order valence-corrected chi connectivity index (χ0v) is 15.7. The molecule has 4 rings (SSSR count). The molecule has 1 N–H and O–H groups in total. The fraction of sp³-hybridized carbons (Fsp3) is 0.550. The van der Waals surface area contributed by atoms with Gasteiger partial charge in [0.25, 0.3) is 0 Å². The molecule has 0 radical (unpaired) electrons. The first kappa shape index (κ1) is 17.8. The predicted molar refractivity (Wildman–Crippen MR) is 99.8 cm³/mol. The number of ether oxygens (including phenoxy) is 1. The number of nitrogens with one attached hydrogen (secondary N) is 1. The van der Waals surface area contributed by atoms with Crippen molar-refractivity contribution in [2.24, 2.45) is 0 Å². The second kappa shape index (κ2) is 7.98. The molecule has 1 aromatic heterocycles. The van der Waals surface area contributed by atoms with Crippen molar-refractivity contribution >= 4 is 6.03 Å². The molecule has 0 unspecified atom stereocenters. The fourth-order valence-electron chi connectivity index (χ4n) is 3.84. The molecule has 0 atom stereocenters. The van der Waals surface area contributed by atoms with Gasteiger partial charge in [0.15, 0.2) is 5.82 Å². The number of para-hydroxylation sites is 1.